The number of amides is 2. The van der Waals surface area contributed by atoms with Gasteiger partial charge in [-0.1, -0.05) is 57.2 Å². The van der Waals surface area contributed by atoms with E-state index in [1.54, 1.807) is 0 Å². The fourth-order valence-electron chi connectivity index (χ4n) is 6.04. The number of nitrogens with zero attached hydrogens (tertiary/aromatic N) is 3. The zero-order valence-corrected chi connectivity index (χ0v) is 24.8. The molecule has 5 rings (SSSR count). The summed E-state index contributed by atoms with van der Waals surface area (Å²) in [6.45, 7) is 14.1. The third-order valence-corrected chi connectivity index (χ3v) is 9.43. The number of rotatable bonds is 4. The number of fused-ring (bicyclic) bond motifs is 1. The Morgan fingerprint density at radius 1 is 0.872 bits per heavy atom. The van der Waals surface area contributed by atoms with E-state index < -0.39 is 0 Å². The van der Waals surface area contributed by atoms with Crippen LogP contribution in [0.1, 0.15) is 77.6 Å². The van der Waals surface area contributed by atoms with Crippen molar-refractivity contribution in [3.63, 3.8) is 0 Å². The number of hydrogen-bond acceptors (Lipinski definition) is 4. The molecule has 1 saturated heterocycles. The van der Waals surface area contributed by atoms with Gasteiger partial charge in [0, 0.05) is 43.2 Å². The lowest BCUT2D eigenvalue weighted by Crippen LogP contribution is -2.51. The number of hydrogen-bond donors (Lipinski definition) is 0. The Morgan fingerprint density at radius 2 is 1.56 bits per heavy atom. The van der Waals surface area contributed by atoms with Crippen LogP contribution in [0.5, 0.6) is 0 Å². The highest BCUT2D eigenvalue weighted by atomic mass is 32.1. The molecule has 2 aliphatic heterocycles. The summed E-state index contributed by atoms with van der Waals surface area (Å²) in [4.78, 5) is 35.0. The van der Waals surface area contributed by atoms with Gasteiger partial charge in [0.15, 0.2) is 0 Å². The number of carbonyl (C=O) groups is 2. The number of aryl methyl sites for hydroxylation is 1. The minimum Gasteiger partial charge on any atom is -0.340 e. The Balaban J connectivity index is 1.29. The molecule has 2 amide bonds. The van der Waals surface area contributed by atoms with Crippen molar-refractivity contribution in [3.05, 3.63) is 92.7 Å². The first kappa shape index (κ1) is 27.6. The number of thiophene rings is 1. The van der Waals surface area contributed by atoms with Crippen LogP contribution in [0.3, 0.4) is 0 Å². The lowest BCUT2D eigenvalue weighted by atomic mass is 9.86. The SMILES string of the molecule is Cc1ccccc1[C@H]1c2ccsc2CCN1[C@@H](C)C(=O)N1CCCN(C(=O)c2ccc(C(C)(C)C)cc2)CC1. The lowest BCUT2D eigenvalue weighted by molar-refractivity contribution is -0.137. The predicted octanol–water partition coefficient (Wildman–Crippen LogP) is 6.06. The van der Waals surface area contributed by atoms with Crippen LogP contribution in [0.4, 0.5) is 0 Å². The Morgan fingerprint density at radius 3 is 2.28 bits per heavy atom. The lowest BCUT2D eigenvalue weighted by Gasteiger charge is -2.41. The van der Waals surface area contributed by atoms with Crippen molar-refractivity contribution in [1.82, 2.24) is 14.7 Å². The molecule has 3 aromatic rings. The van der Waals surface area contributed by atoms with E-state index in [0.717, 1.165) is 24.9 Å². The molecular weight excluding hydrogens is 502 g/mol. The van der Waals surface area contributed by atoms with Crippen molar-refractivity contribution in [2.75, 3.05) is 32.7 Å². The van der Waals surface area contributed by atoms with Crippen molar-refractivity contribution in [2.45, 2.75) is 65.0 Å². The molecule has 0 unspecified atom stereocenters. The smallest absolute Gasteiger partial charge is 0.253 e. The zero-order valence-electron chi connectivity index (χ0n) is 23.9. The quantitative estimate of drug-likeness (QED) is 0.402. The molecule has 0 radical (unpaired) electrons. The van der Waals surface area contributed by atoms with Gasteiger partial charge in [-0.3, -0.25) is 14.5 Å². The van der Waals surface area contributed by atoms with Crippen LogP contribution in [-0.2, 0) is 16.6 Å². The second-order valence-electron chi connectivity index (χ2n) is 12.0. The molecule has 1 aromatic heterocycles. The molecule has 6 heteroatoms. The summed E-state index contributed by atoms with van der Waals surface area (Å²) in [5, 5.41) is 2.18. The molecule has 0 spiro atoms. The van der Waals surface area contributed by atoms with Crippen LogP contribution in [0, 0.1) is 6.92 Å². The maximum absolute atomic E-state index is 13.9. The van der Waals surface area contributed by atoms with Gasteiger partial charge in [-0.15, -0.1) is 11.3 Å². The van der Waals surface area contributed by atoms with Gasteiger partial charge < -0.3 is 9.80 Å². The van der Waals surface area contributed by atoms with E-state index in [2.05, 4.69) is 87.4 Å². The maximum Gasteiger partial charge on any atom is 0.253 e. The molecule has 2 atom stereocenters. The average molecular weight is 544 g/mol. The van der Waals surface area contributed by atoms with Crippen LogP contribution >= 0.6 is 11.3 Å². The normalized spacial score (nSPS) is 19.4. The minimum atomic E-state index is -0.241. The van der Waals surface area contributed by atoms with Crippen molar-refractivity contribution in [3.8, 4) is 0 Å². The first-order valence-corrected chi connectivity index (χ1v) is 15.1. The van der Waals surface area contributed by atoms with Gasteiger partial charge >= 0.3 is 0 Å². The molecule has 0 bridgehead atoms. The number of carbonyl (C=O) groups excluding carboxylic acids is 2. The van der Waals surface area contributed by atoms with E-state index in [1.165, 1.54) is 27.1 Å². The topological polar surface area (TPSA) is 43.9 Å². The molecular formula is C33H41N3O2S. The zero-order chi connectivity index (χ0) is 27.7. The van der Waals surface area contributed by atoms with Crippen LogP contribution in [-0.4, -0.2) is 65.3 Å². The first-order chi connectivity index (χ1) is 18.6. The van der Waals surface area contributed by atoms with Gasteiger partial charge in [0.1, 0.15) is 0 Å². The highest BCUT2D eigenvalue weighted by Crippen LogP contribution is 2.40. The molecule has 2 aromatic carbocycles. The summed E-state index contributed by atoms with van der Waals surface area (Å²) in [6.07, 6.45) is 1.77. The largest absolute Gasteiger partial charge is 0.340 e. The summed E-state index contributed by atoms with van der Waals surface area (Å²) in [6, 6.07) is 18.6. The van der Waals surface area contributed by atoms with Crippen LogP contribution < -0.4 is 0 Å². The van der Waals surface area contributed by atoms with E-state index in [0.29, 0.717) is 26.2 Å². The Labute approximate surface area is 237 Å². The van der Waals surface area contributed by atoms with Crippen LogP contribution in [0.2, 0.25) is 0 Å². The van der Waals surface area contributed by atoms with E-state index in [4.69, 9.17) is 0 Å². The van der Waals surface area contributed by atoms with Gasteiger partial charge in [-0.05, 0) is 77.9 Å². The van der Waals surface area contributed by atoms with Crippen molar-refractivity contribution in [1.29, 1.82) is 0 Å². The fraction of sp³-hybridized carbons (Fsp3) is 0.455. The van der Waals surface area contributed by atoms with Gasteiger partial charge in [0.2, 0.25) is 5.91 Å². The minimum absolute atomic E-state index is 0.0541. The number of benzene rings is 2. The molecule has 2 aliphatic rings. The Bertz CT molecular complexity index is 1320. The predicted molar refractivity (Wildman–Crippen MR) is 159 cm³/mol. The van der Waals surface area contributed by atoms with Crippen molar-refractivity contribution in [2.24, 2.45) is 0 Å². The summed E-state index contributed by atoms with van der Waals surface area (Å²) < 4.78 is 0. The van der Waals surface area contributed by atoms with Gasteiger partial charge in [0.25, 0.3) is 5.91 Å². The third kappa shape index (κ3) is 5.68. The standard InChI is InChI=1S/C33H41N3O2S/c1-23-9-6-7-10-27(23)30-28-16-22-39-29(28)15-19-36(30)24(2)31(37)34-17-8-18-35(21-20-34)32(38)25-11-13-26(14-12-25)33(3,4)5/h6-7,9-14,16,22,24,30H,8,15,17-21H2,1-5H3/t24-,30-/m0/s1. The van der Waals surface area contributed by atoms with Gasteiger partial charge in [-0.2, -0.15) is 0 Å². The first-order valence-electron chi connectivity index (χ1n) is 14.2. The fourth-order valence-corrected chi connectivity index (χ4v) is 6.94. The molecule has 0 N–H and O–H groups in total. The van der Waals surface area contributed by atoms with Crippen molar-refractivity contribution >= 4 is 23.2 Å². The Hall–Kier alpha value is -2.96. The summed E-state index contributed by atoms with van der Waals surface area (Å²) >= 11 is 1.83. The molecule has 3 heterocycles. The third-order valence-electron chi connectivity index (χ3n) is 8.43. The molecule has 39 heavy (non-hydrogen) atoms. The molecule has 206 valence electrons. The summed E-state index contributed by atoms with van der Waals surface area (Å²) in [7, 11) is 0. The van der Waals surface area contributed by atoms with Crippen LogP contribution in [0.25, 0.3) is 0 Å². The summed E-state index contributed by atoms with van der Waals surface area (Å²) in [5.74, 6) is 0.217. The molecule has 0 saturated carbocycles. The maximum atomic E-state index is 13.9. The van der Waals surface area contributed by atoms with Crippen molar-refractivity contribution < 1.29 is 9.59 Å². The molecule has 1 fully saturated rings. The highest BCUT2D eigenvalue weighted by molar-refractivity contribution is 7.10. The van der Waals surface area contributed by atoms with Gasteiger partial charge in [-0.25, -0.2) is 0 Å². The van der Waals surface area contributed by atoms with E-state index in [1.807, 2.05) is 33.3 Å². The monoisotopic (exact) mass is 543 g/mol. The summed E-state index contributed by atoms with van der Waals surface area (Å²) in [5.41, 5.74) is 5.87. The molecule has 0 aliphatic carbocycles. The average Bonchev–Trinajstić information content (AvgIpc) is 3.27. The van der Waals surface area contributed by atoms with Crippen LogP contribution in [0.15, 0.2) is 60.0 Å². The molecule has 5 nitrogen and oxygen atoms in total. The second kappa shape index (κ2) is 11.3. The van der Waals surface area contributed by atoms with E-state index in [-0.39, 0.29) is 29.3 Å². The Kier molecular flexibility index (Phi) is 7.97. The highest BCUT2D eigenvalue weighted by Gasteiger charge is 2.37. The van der Waals surface area contributed by atoms with E-state index >= 15 is 0 Å². The second-order valence-corrected chi connectivity index (χ2v) is 13.0. The van der Waals surface area contributed by atoms with Gasteiger partial charge in [0.05, 0.1) is 12.1 Å². The van der Waals surface area contributed by atoms with E-state index in [9.17, 15) is 9.59 Å².